The van der Waals surface area contributed by atoms with Gasteiger partial charge in [0.05, 0.1) is 5.25 Å². The van der Waals surface area contributed by atoms with Gasteiger partial charge in [-0.05, 0) is 44.4 Å². The molecule has 25 heavy (non-hydrogen) atoms. The van der Waals surface area contributed by atoms with Crippen LogP contribution in [0.3, 0.4) is 0 Å². The van der Waals surface area contributed by atoms with Crippen molar-refractivity contribution in [3.63, 3.8) is 0 Å². The van der Waals surface area contributed by atoms with Gasteiger partial charge in [-0.3, -0.25) is 4.79 Å². The van der Waals surface area contributed by atoms with Crippen LogP contribution >= 0.6 is 11.8 Å². The molecule has 0 N–H and O–H groups in total. The van der Waals surface area contributed by atoms with Crippen LogP contribution in [-0.4, -0.2) is 27.7 Å². The summed E-state index contributed by atoms with van der Waals surface area (Å²) < 4.78 is 0. The lowest BCUT2D eigenvalue weighted by Gasteiger charge is -2.31. The lowest BCUT2D eigenvalue weighted by atomic mass is 10.0. The molecule has 1 aromatic carbocycles. The molecule has 0 saturated carbocycles. The third kappa shape index (κ3) is 4.03. The molecule has 2 heterocycles. The van der Waals surface area contributed by atoms with Gasteiger partial charge in [0.1, 0.15) is 10.9 Å². The van der Waals surface area contributed by atoms with Gasteiger partial charge < -0.3 is 4.90 Å². The Hall–Kier alpha value is -1.88. The van der Waals surface area contributed by atoms with Crippen molar-refractivity contribution in [3.8, 4) is 0 Å². The van der Waals surface area contributed by atoms with Crippen LogP contribution < -0.4 is 4.90 Å². The lowest BCUT2D eigenvalue weighted by Crippen LogP contribution is -2.40. The molecule has 3 rings (SSSR count). The van der Waals surface area contributed by atoms with E-state index < -0.39 is 0 Å². The molecule has 0 saturated heterocycles. The minimum absolute atomic E-state index is 0.152. The molecule has 0 aliphatic carbocycles. The quantitative estimate of drug-likeness (QED) is 0.603. The Bertz CT molecular complexity index is 775. The number of para-hydroxylation sites is 1. The van der Waals surface area contributed by atoms with E-state index in [1.807, 2.05) is 36.9 Å². The van der Waals surface area contributed by atoms with E-state index in [0.29, 0.717) is 0 Å². The molecule has 5 heteroatoms. The molecule has 132 valence electrons. The highest BCUT2D eigenvalue weighted by atomic mass is 32.2. The van der Waals surface area contributed by atoms with Crippen LogP contribution in [0, 0.1) is 6.92 Å². The lowest BCUT2D eigenvalue weighted by molar-refractivity contribution is -0.117. The Labute approximate surface area is 154 Å². The summed E-state index contributed by atoms with van der Waals surface area (Å²) in [7, 11) is 0. The normalized spacial score (nSPS) is 15.2. The van der Waals surface area contributed by atoms with Crippen LogP contribution in [-0.2, 0) is 11.2 Å². The molecule has 1 atom stereocenters. The molecule has 4 nitrogen and oxygen atoms in total. The fourth-order valence-corrected chi connectivity index (χ4v) is 4.07. The zero-order valence-corrected chi connectivity index (χ0v) is 16.1. The Kier molecular flexibility index (Phi) is 5.42. The number of rotatable bonds is 4. The van der Waals surface area contributed by atoms with Crippen molar-refractivity contribution >= 4 is 23.4 Å². The van der Waals surface area contributed by atoms with Gasteiger partial charge in [0.25, 0.3) is 0 Å². The number of anilines is 1. The Morgan fingerprint density at radius 3 is 2.72 bits per heavy atom. The third-order valence-electron chi connectivity index (χ3n) is 4.39. The summed E-state index contributed by atoms with van der Waals surface area (Å²) in [5.41, 5.74) is 3.27. The highest BCUT2D eigenvalue weighted by Gasteiger charge is 2.27. The zero-order valence-electron chi connectivity index (χ0n) is 15.3. The number of thioether (sulfide) groups is 1. The number of hydrogen-bond donors (Lipinski definition) is 0. The summed E-state index contributed by atoms with van der Waals surface area (Å²) in [6.45, 7) is 8.91. The van der Waals surface area contributed by atoms with Crippen molar-refractivity contribution in [3.05, 3.63) is 47.4 Å². The molecule has 1 unspecified atom stereocenters. The van der Waals surface area contributed by atoms with Gasteiger partial charge in [0, 0.05) is 23.8 Å². The van der Waals surface area contributed by atoms with Crippen molar-refractivity contribution in [1.82, 2.24) is 9.97 Å². The second-order valence-electron chi connectivity index (χ2n) is 6.84. The van der Waals surface area contributed by atoms with Crippen LogP contribution in [0.4, 0.5) is 5.69 Å². The van der Waals surface area contributed by atoms with E-state index in [9.17, 15) is 4.79 Å². The Morgan fingerprint density at radius 2 is 1.96 bits per heavy atom. The largest absolute Gasteiger partial charge is 0.311 e. The average Bonchev–Trinajstić information content (AvgIpc) is 2.60. The van der Waals surface area contributed by atoms with E-state index in [4.69, 9.17) is 0 Å². The van der Waals surface area contributed by atoms with Crippen LogP contribution in [0.2, 0.25) is 0 Å². The molecule has 1 aliphatic rings. The SMILES string of the molecule is Cc1cc(SC(C)C(=O)N2CCCc3ccccc32)nc(C(C)C)n1. The molecule has 0 spiro atoms. The maximum atomic E-state index is 13.0. The first-order valence-electron chi connectivity index (χ1n) is 8.87. The van der Waals surface area contributed by atoms with Crippen LogP contribution in [0.25, 0.3) is 0 Å². The van der Waals surface area contributed by atoms with E-state index in [0.717, 1.165) is 41.6 Å². The predicted octanol–water partition coefficient (Wildman–Crippen LogP) is 4.37. The van der Waals surface area contributed by atoms with E-state index in [2.05, 4.69) is 35.9 Å². The van der Waals surface area contributed by atoms with Gasteiger partial charge in [0.2, 0.25) is 5.91 Å². The smallest absolute Gasteiger partial charge is 0.240 e. The Morgan fingerprint density at radius 1 is 1.20 bits per heavy atom. The van der Waals surface area contributed by atoms with Gasteiger partial charge >= 0.3 is 0 Å². The second kappa shape index (κ2) is 7.56. The number of amides is 1. The van der Waals surface area contributed by atoms with E-state index in [1.54, 1.807) is 0 Å². The van der Waals surface area contributed by atoms with Crippen LogP contribution in [0.5, 0.6) is 0 Å². The Balaban J connectivity index is 1.78. The van der Waals surface area contributed by atoms with Crippen LogP contribution in [0.1, 0.15) is 50.2 Å². The molecule has 0 fully saturated rings. The number of carbonyl (C=O) groups is 1. The maximum Gasteiger partial charge on any atom is 0.240 e. The summed E-state index contributed by atoms with van der Waals surface area (Å²) in [6, 6.07) is 10.2. The monoisotopic (exact) mass is 355 g/mol. The summed E-state index contributed by atoms with van der Waals surface area (Å²) in [4.78, 5) is 24.1. The molecular formula is C20H25N3OS. The zero-order chi connectivity index (χ0) is 18.0. The predicted molar refractivity (Wildman–Crippen MR) is 103 cm³/mol. The highest BCUT2D eigenvalue weighted by molar-refractivity contribution is 8.00. The fourth-order valence-electron chi connectivity index (χ4n) is 3.09. The molecule has 0 radical (unpaired) electrons. The topological polar surface area (TPSA) is 46.1 Å². The highest BCUT2D eigenvalue weighted by Crippen LogP contribution is 2.31. The van der Waals surface area contributed by atoms with Crippen molar-refractivity contribution < 1.29 is 4.79 Å². The molecule has 1 amide bonds. The number of carbonyl (C=O) groups excluding carboxylic acids is 1. The molecular weight excluding hydrogens is 330 g/mol. The van der Waals surface area contributed by atoms with Gasteiger partial charge in [0.15, 0.2) is 0 Å². The number of aromatic nitrogens is 2. The van der Waals surface area contributed by atoms with E-state index in [-0.39, 0.29) is 17.1 Å². The number of hydrogen-bond acceptors (Lipinski definition) is 4. The number of benzene rings is 1. The van der Waals surface area contributed by atoms with Gasteiger partial charge in [-0.1, -0.05) is 43.8 Å². The van der Waals surface area contributed by atoms with E-state index >= 15 is 0 Å². The minimum atomic E-state index is -0.180. The average molecular weight is 356 g/mol. The third-order valence-corrected chi connectivity index (χ3v) is 5.39. The minimum Gasteiger partial charge on any atom is -0.311 e. The summed E-state index contributed by atoms with van der Waals surface area (Å²) in [5.74, 6) is 1.27. The first-order chi connectivity index (χ1) is 12.0. The second-order valence-corrected chi connectivity index (χ2v) is 8.20. The van der Waals surface area contributed by atoms with E-state index in [1.165, 1.54) is 17.3 Å². The summed E-state index contributed by atoms with van der Waals surface area (Å²) >= 11 is 1.52. The van der Waals surface area contributed by atoms with Gasteiger partial charge in [-0.25, -0.2) is 9.97 Å². The van der Waals surface area contributed by atoms with Crippen molar-refractivity contribution in [2.75, 3.05) is 11.4 Å². The standard InChI is InChI=1S/C20H25N3OS/c1-13(2)19-21-14(3)12-18(22-19)25-15(4)20(24)23-11-7-9-16-8-5-6-10-17(16)23/h5-6,8,10,12-13,15H,7,9,11H2,1-4H3. The van der Waals surface area contributed by atoms with Gasteiger partial charge in [-0.2, -0.15) is 0 Å². The fraction of sp³-hybridized carbons (Fsp3) is 0.450. The first-order valence-corrected chi connectivity index (χ1v) is 9.75. The maximum absolute atomic E-state index is 13.0. The number of aryl methyl sites for hydroxylation is 2. The number of fused-ring (bicyclic) bond motifs is 1. The summed E-state index contributed by atoms with van der Waals surface area (Å²) in [6.07, 6.45) is 2.06. The first kappa shape index (κ1) is 17.9. The molecule has 2 aromatic rings. The van der Waals surface area contributed by atoms with Crippen LogP contribution in [0.15, 0.2) is 35.4 Å². The van der Waals surface area contributed by atoms with Crippen molar-refractivity contribution in [2.24, 2.45) is 0 Å². The van der Waals surface area contributed by atoms with Crippen molar-refractivity contribution in [2.45, 2.75) is 56.7 Å². The molecule has 0 bridgehead atoms. The summed E-state index contributed by atoms with van der Waals surface area (Å²) in [5, 5.41) is 0.697. The molecule has 1 aliphatic heterocycles. The molecule has 1 aromatic heterocycles. The van der Waals surface area contributed by atoms with Crippen molar-refractivity contribution in [1.29, 1.82) is 0 Å². The number of nitrogens with zero attached hydrogens (tertiary/aromatic N) is 3. The van der Waals surface area contributed by atoms with Gasteiger partial charge in [-0.15, -0.1) is 0 Å².